The average Bonchev–Trinajstić information content (AvgIpc) is 3.24. The molecule has 0 saturated heterocycles. The Bertz CT molecular complexity index is 950. The molecule has 0 radical (unpaired) electrons. The molecule has 3 N–H and O–H groups in total. The van der Waals surface area contributed by atoms with Crippen LogP contribution >= 0.6 is 0 Å². The molecular weight excluding hydrogens is 743 g/mol. The SMILES string of the molecule is CCCCCCCCC/C=C/C=C/CCCCCC(CC(=O)NC(CO)C(O)CCCCCCCCCCC)OC(=O)CCCCCCCCCCCCCCCCCC. The van der Waals surface area contributed by atoms with Gasteiger partial charge in [0.1, 0.15) is 6.10 Å². The number of carbonyl (C=O) groups excluding carboxylic acids is 2. The number of amides is 1. The van der Waals surface area contributed by atoms with Gasteiger partial charge in [0, 0.05) is 6.42 Å². The summed E-state index contributed by atoms with van der Waals surface area (Å²) >= 11 is 0. The van der Waals surface area contributed by atoms with E-state index in [0.29, 0.717) is 19.3 Å². The average molecular weight is 846 g/mol. The van der Waals surface area contributed by atoms with Gasteiger partial charge in [-0.1, -0.05) is 244 Å². The smallest absolute Gasteiger partial charge is 0.306 e. The summed E-state index contributed by atoms with van der Waals surface area (Å²) in [5.41, 5.74) is 0. The van der Waals surface area contributed by atoms with Gasteiger partial charge in [-0.2, -0.15) is 0 Å². The number of hydrogen-bond donors (Lipinski definition) is 3. The van der Waals surface area contributed by atoms with Crippen LogP contribution in [-0.4, -0.2) is 46.9 Å². The summed E-state index contributed by atoms with van der Waals surface area (Å²) in [6.07, 6.45) is 55.3. The van der Waals surface area contributed by atoms with Crippen molar-refractivity contribution in [2.45, 2.75) is 302 Å². The van der Waals surface area contributed by atoms with E-state index in [2.05, 4.69) is 50.4 Å². The van der Waals surface area contributed by atoms with Crippen molar-refractivity contribution in [3.63, 3.8) is 0 Å². The molecule has 60 heavy (non-hydrogen) atoms. The van der Waals surface area contributed by atoms with E-state index in [4.69, 9.17) is 4.74 Å². The standard InChI is InChI=1S/C54H103NO5/c1-4-7-10-13-16-19-21-23-25-27-29-31-34-36-39-42-45-50(48-53(58)55-51(49-56)52(57)46-43-40-37-33-18-15-12-9-6-3)60-54(59)47-44-41-38-35-32-30-28-26-24-22-20-17-14-11-8-5-2/h25,27,29,31,50-52,56-57H,4-24,26,28,30,32-49H2,1-3H3,(H,55,58)/b27-25+,31-29+. The third kappa shape index (κ3) is 43.0. The van der Waals surface area contributed by atoms with E-state index in [1.807, 2.05) is 0 Å². The van der Waals surface area contributed by atoms with Crippen molar-refractivity contribution in [3.05, 3.63) is 24.3 Å². The fourth-order valence-electron chi connectivity index (χ4n) is 8.25. The molecule has 6 nitrogen and oxygen atoms in total. The Hall–Kier alpha value is -1.66. The first-order valence-electron chi connectivity index (χ1n) is 26.6. The lowest BCUT2D eigenvalue weighted by atomic mass is 10.0. The molecule has 0 heterocycles. The van der Waals surface area contributed by atoms with Crippen LogP contribution in [0.15, 0.2) is 24.3 Å². The molecule has 0 rings (SSSR count). The lowest BCUT2D eigenvalue weighted by Gasteiger charge is -2.24. The van der Waals surface area contributed by atoms with Crippen LogP contribution in [0.2, 0.25) is 0 Å². The minimum atomic E-state index is -0.789. The Morgan fingerprint density at radius 3 is 1.25 bits per heavy atom. The Kier molecular flexibility index (Phi) is 47.0. The second-order valence-electron chi connectivity index (χ2n) is 18.3. The number of hydrogen-bond acceptors (Lipinski definition) is 5. The summed E-state index contributed by atoms with van der Waals surface area (Å²) in [7, 11) is 0. The molecule has 1 amide bonds. The Morgan fingerprint density at radius 1 is 0.483 bits per heavy atom. The van der Waals surface area contributed by atoms with Gasteiger partial charge in [-0.3, -0.25) is 9.59 Å². The van der Waals surface area contributed by atoms with Gasteiger partial charge in [0.25, 0.3) is 0 Å². The van der Waals surface area contributed by atoms with Crippen molar-refractivity contribution >= 4 is 11.9 Å². The molecule has 0 spiro atoms. The molecule has 0 bridgehead atoms. The van der Waals surface area contributed by atoms with E-state index in [-0.39, 0.29) is 24.9 Å². The Labute approximate surface area is 373 Å². The number of carbonyl (C=O) groups is 2. The number of allylic oxidation sites excluding steroid dienone is 4. The van der Waals surface area contributed by atoms with Crippen molar-refractivity contribution in [2.75, 3.05) is 6.61 Å². The quantitative estimate of drug-likeness (QED) is 0.0322. The molecular formula is C54H103NO5. The summed E-state index contributed by atoms with van der Waals surface area (Å²) < 4.78 is 5.93. The number of nitrogens with one attached hydrogen (secondary N) is 1. The molecule has 0 fully saturated rings. The maximum absolute atomic E-state index is 13.2. The topological polar surface area (TPSA) is 95.9 Å². The van der Waals surface area contributed by atoms with E-state index < -0.39 is 18.2 Å². The molecule has 3 unspecified atom stereocenters. The maximum Gasteiger partial charge on any atom is 0.306 e. The normalized spacial score (nSPS) is 13.3. The van der Waals surface area contributed by atoms with Gasteiger partial charge in [-0.25, -0.2) is 0 Å². The van der Waals surface area contributed by atoms with E-state index in [0.717, 1.165) is 70.6 Å². The monoisotopic (exact) mass is 846 g/mol. The first kappa shape index (κ1) is 58.3. The summed E-state index contributed by atoms with van der Waals surface area (Å²) in [5.74, 6) is -0.486. The van der Waals surface area contributed by atoms with Crippen LogP contribution in [0.3, 0.4) is 0 Å². The van der Waals surface area contributed by atoms with Gasteiger partial charge in [0.15, 0.2) is 0 Å². The zero-order chi connectivity index (χ0) is 43.8. The molecule has 0 aromatic heterocycles. The van der Waals surface area contributed by atoms with Crippen LogP contribution < -0.4 is 5.32 Å². The molecule has 0 aliphatic carbocycles. The van der Waals surface area contributed by atoms with E-state index >= 15 is 0 Å². The number of aliphatic hydroxyl groups is 2. The van der Waals surface area contributed by atoms with Gasteiger partial charge in [0.05, 0.1) is 25.2 Å². The predicted molar refractivity (Wildman–Crippen MR) is 260 cm³/mol. The summed E-state index contributed by atoms with van der Waals surface area (Å²) in [5, 5.41) is 23.7. The minimum Gasteiger partial charge on any atom is -0.462 e. The first-order valence-corrected chi connectivity index (χ1v) is 26.6. The van der Waals surface area contributed by atoms with Crippen LogP contribution in [0.25, 0.3) is 0 Å². The van der Waals surface area contributed by atoms with Gasteiger partial charge in [0.2, 0.25) is 5.91 Å². The van der Waals surface area contributed by atoms with E-state index in [9.17, 15) is 19.8 Å². The van der Waals surface area contributed by atoms with Gasteiger partial charge in [-0.05, 0) is 51.4 Å². The fraction of sp³-hybridized carbons (Fsp3) is 0.889. The van der Waals surface area contributed by atoms with Crippen molar-refractivity contribution in [1.29, 1.82) is 0 Å². The molecule has 354 valence electrons. The highest BCUT2D eigenvalue weighted by atomic mass is 16.5. The maximum atomic E-state index is 13.2. The largest absolute Gasteiger partial charge is 0.462 e. The van der Waals surface area contributed by atoms with Gasteiger partial charge >= 0.3 is 5.97 Å². The summed E-state index contributed by atoms with van der Waals surface area (Å²) in [6, 6.07) is -0.704. The highest BCUT2D eigenvalue weighted by Gasteiger charge is 2.24. The molecule has 3 atom stereocenters. The van der Waals surface area contributed by atoms with Crippen LogP contribution in [0, 0.1) is 0 Å². The van der Waals surface area contributed by atoms with E-state index in [1.165, 1.54) is 167 Å². The number of aliphatic hydroxyl groups excluding tert-OH is 2. The Balaban J connectivity index is 4.57. The molecule has 0 aliphatic rings. The van der Waals surface area contributed by atoms with E-state index in [1.54, 1.807) is 0 Å². The number of esters is 1. The first-order chi connectivity index (χ1) is 29.5. The molecule has 0 saturated carbocycles. The summed E-state index contributed by atoms with van der Waals surface area (Å²) in [4.78, 5) is 26.1. The third-order valence-electron chi connectivity index (χ3n) is 12.3. The molecule has 0 aliphatic heterocycles. The van der Waals surface area contributed by atoms with Crippen molar-refractivity contribution < 1.29 is 24.5 Å². The third-order valence-corrected chi connectivity index (χ3v) is 12.3. The van der Waals surface area contributed by atoms with Crippen LogP contribution in [-0.2, 0) is 14.3 Å². The van der Waals surface area contributed by atoms with Crippen LogP contribution in [0.1, 0.15) is 284 Å². The lowest BCUT2D eigenvalue weighted by molar-refractivity contribution is -0.151. The fourth-order valence-corrected chi connectivity index (χ4v) is 8.25. The highest BCUT2D eigenvalue weighted by Crippen LogP contribution is 2.18. The molecule has 0 aromatic rings. The second-order valence-corrected chi connectivity index (χ2v) is 18.3. The van der Waals surface area contributed by atoms with Crippen molar-refractivity contribution in [2.24, 2.45) is 0 Å². The van der Waals surface area contributed by atoms with Gasteiger partial charge in [-0.15, -0.1) is 0 Å². The minimum absolute atomic E-state index is 0.0649. The Morgan fingerprint density at radius 2 is 0.833 bits per heavy atom. The predicted octanol–water partition coefficient (Wildman–Crippen LogP) is 15.9. The van der Waals surface area contributed by atoms with Crippen molar-refractivity contribution in [3.8, 4) is 0 Å². The number of unbranched alkanes of at least 4 members (excludes halogenated alkanes) is 33. The lowest BCUT2D eigenvalue weighted by Crippen LogP contribution is -2.46. The zero-order valence-electron chi connectivity index (χ0n) is 40.4. The number of rotatable bonds is 48. The molecule has 6 heteroatoms. The second kappa shape index (κ2) is 48.4. The summed E-state index contributed by atoms with van der Waals surface area (Å²) in [6.45, 7) is 6.47. The van der Waals surface area contributed by atoms with Crippen LogP contribution in [0.4, 0.5) is 0 Å². The molecule has 0 aromatic carbocycles. The number of ether oxygens (including phenoxy) is 1. The van der Waals surface area contributed by atoms with Gasteiger partial charge < -0.3 is 20.3 Å². The van der Waals surface area contributed by atoms with Crippen LogP contribution in [0.5, 0.6) is 0 Å². The zero-order valence-corrected chi connectivity index (χ0v) is 40.4. The highest BCUT2D eigenvalue weighted by molar-refractivity contribution is 5.77. The van der Waals surface area contributed by atoms with Crippen molar-refractivity contribution in [1.82, 2.24) is 5.32 Å².